The lowest BCUT2D eigenvalue weighted by Crippen LogP contribution is -1.86. The SMILES string of the molecule is COc1ccc(-c2cc(-c3ccccc3)c3ccccc3[o+]2)cc1. The average molecular weight is 313 g/mol. The zero-order valence-corrected chi connectivity index (χ0v) is 13.4. The number of hydrogen-bond acceptors (Lipinski definition) is 1. The molecule has 0 amide bonds. The summed E-state index contributed by atoms with van der Waals surface area (Å²) in [6.07, 6.45) is 0. The first kappa shape index (κ1) is 14.5. The normalized spacial score (nSPS) is 10.7. The van der Waals surface area contributed by atoms with Crippen molar-refractivity contribution in [3.05, 3.63) is 84.9 Å². The van der Waals surface area contributed by atoms with Gasteiger partial charge in [0.25, 0.3) is 0 Å². The predicted octanol–water partition coefficient (Wildman–Crippen LogP) is 6.06. The van der Waals surface area contributed by atoms with Crippen LogP contribution in [0.1, 0.15) is 0 Å². The van der Waals surface area contributed by atoms with Crippen LogP contribution in [0, 0.1) is 0 Å². The van der Waals surface area contributed by atoms with Crippen molar-refractivity contribution >= 4 is 11.0 Å². The van der Waals surface area contributed by atoms with Gasteiger partial charge in [0.1, 0.15) is 5.75 Å². The molecular formula is C22H17O2+. The fraction of sp³-hybridized carbons (Fsp3) is 0.0455. The Bertz CT molecular complexity index is 974. The second-order valence-corrected chi connectivity index (χ2v) is 5.62. The van der Waals surface area contributed by atoms with Gasteiger partial charge in [0.15, 0.2) is 0 Å². The van der Waals surface area contributed by atoms with Gasteiger partial charge < -0.3 is 4.74 Å². The molecule has 4 aromatic rings. The van der Waals surface area contributed by atoms with E-state index in [1.165, 1.54) is 11.1 Å². The van der Waals surface area contributed by atoms with Crippen molar-refractivity contribution < 1.29 is 9.15 Å². The Morgan fingerprint density at radius 1 is 0.708 bits per heavy atom. The molecule has 24 heavy (non-hydrogen) atoms. The molecule has 0 aliphatic carbocycles. The maximum absolute atomic E-state index is 6.14. The lowest BCUT2D eigenvalue weighted by atomic mass is 10.00. The van der Waals surface area contributed by atoms with Crippen LogP contribution in [0.4, 0.5) is 0 Å². The summed E-state index contributed by atoms with van der Waals surface area (Å²) < 4.78 is 11.4. The number of fused-ring (bicyclic) bond motifs is 1. The second-order valence-electron chi connectivity index (χ2n) is 5.62. The average Bonchev–Trinajstić information content (AvgIpc) is 2.68. The summed E-state index contributed by atoms with van der Waals surface area (Å²) >= 11 is 0. The van der Waals surface area contributed by atoms with Crippen LogP contribution in [0.25, 0.3) is 33.4 Å². The molecule has 4 rings (SSSR count). The largest absolute Gasteiger partial charge is 0.497 e. The van der Waals surface area contributed by atoms with Crippen LogP contribution in [0.5, 0.6) is 5.75 Å². The number of benzene rings is 3. The maximum atomic E-state index is 6.14. The molecule has 0 N–H and O–H groups in total. The van der Waals surface area contributed by atoms with Gasteiger partial charge in [-0.15, -0.1) is 0 Å². The standard InChI is InChI=1S/C22H17O2/c1-23-18-13-11-17(12-14-18)22-15-20(16-7-3-2-4-8-16)19-9-5-6-10-21(19)24-22/h2-15H,1H3/q+1. The zero-order valence-electron chi connectivity index (χ0n) is 13.4. The van der Waals surface area contributed by atoms with E-state index < -0.39 is 0 Å². The highest BCUT2D eigenvalue weighted by Crippen LogP contribution is 2.34. The minimum absolute atomic E-state index is 0.836. The van der Waals surface area contributed by atoms with Gasteiger partial charge >= 0.3 is 11.3 Å². The van der Waals surface area contributed by atoms with Gasteiger partial charge in [0.05, 0.1) is 24.1 Å². The Labute approximate surface area is 141 Å². The smallest absolute Gasteiger partial charge is 0.361 e. The number of methoxy groups -OCH3 is 1. The highest BCUT2D eigenvalue weighted by atomic mass is 16.5. The van der Waals surface area contributed by atoms with Gasteiger partial charge in [-0.2, -0.15) is 0 Å². The van der Waals surface area contributed by atoms with Crippen molar-refractivity contribution in [2.75, 3.05) is 7.11 Å². The molecule has 2 nitrogen and oxygen atoms in total. The van der Waals surface area contributed by atoms with E-state index in [1.807, 2.05) is 48.5 Å². The van der Waals surface area contributed by atoms with Crippen molar-refractivity contribution in [3.63, 3.8) is 0 Å². The lowest BCUT2D eigenvalue weighted by Gasteiger charge is -2.04. The summed E-state index contributed by atoms with van der Waals surface area (Å²) in [4.78, 5) is 0. The third-order valence-corrected chi connectivity index (χ3v) is 4.13. The third-order valence-electron chi connectivity index (χ3n) is 4.13. The van der Waals surface area contributed by atoms with Crippen LogP contribution in [0.3, 0.4) is 0 Å². The number of para-hydroxylation sites is 1. The molecule has 0 bridgehead atoms. The van der Waals surface area contributed by atoms with E-state index >= 15 is 0 Å². The van der Waals surface area contributed by atoms with Crippen molar-refractivity contribution in [3.8, 4) is 28.2 Å². The van der Waals surface area contributed by atoms with Gasteiger partial charge in [0, 0.05) is 11.6 Å². The molecule has 0 spiro atoms. The van der Waals surface area contributed by atoms with Gasteiger partial charge in [-0.25, -0.2) is 4.42 Å². The molecule has 3 aromatic carbocycles. The first-order chi connectivity index (χ1) is 11.8. The second kappa shape index (κ2) is 6.17. The Morgan fingerprint density at radius 3 is 2.17 bits per heavy atom. The molecule has 1 aromatic heterocycles. The van der Waals surface area contributed by atoms with Crippen LogP contribution in [-0.4, -0.2) is 7.11 Å². The maximum Gasteiger partial charge on any atom is 0.361 e. The fourth-order valence-corrected chi connectivity index (χ4v) is 2.89. The van der Waals surface area contributed by atoms with Crippen molar-refractivity contribution in [2.24, 2.45) is 0 Å². The van der Waals surface area contributed by atoms with Crippen LogP contribution in [0.2, 0.25) is 0 Å². The van der Waals surface area contributed by atoms with E-state index in [0.717, 1.165) is 28.0 Å². The van der Waals surface area contributed by atoms with Gasteiger partial charge in [-0.3, -0.25) is 0 Å². The highest BCUT2D eigenvalue weighted by molar-refractivity contribution is 5.95. The Morgan fingerprint density at radius 2 is 1.42 bits per heavy atom. The van der Waals surface area contributed by atoms with E-state index in [4.69, 9.17) is 9.15 Å². The summed E-state index contributed by atoms with van der Waals surface area (Å²) in [5, 5.41) is 1.11. The summed E-state index contributed by atoms with van der Waals surface area (Å²) in [7, 11) is 1.67. The third kappa shape index (κ3) is 2.63. The number of rotatable bonds is 3. The molecular weight excluding hydrogens is 296 g/mol. The molecule has 1 heterocycles. The molecule has 0 aliphatic rings. The van der Waals surface area contributed by atoms with Crippen molar-refractivity contribution in [1.29, 1.82) is 0 Å². The molecule has 0 fully saturated rings. The topological polar surface area (TPSA) is 20.5 Å². The summed E-state index contributed by atoms with van der Waals surface area (Å²) in [6.45, 7) is 0. The lowest BCUT2D eigenvalue weighted by molar-refractivity contribution is 0.415. The molecule has 0 radical (unpaired) electrons. The predicted molar refractivity (Wildman–Crippen MR) is 98.0 cm³/mol. The van der Waals surface area contributed by atoms with Crippen LogP contribution >= 0.6 is 0 Å². The quantitative estimate of drug-likeness (QED) is 0.429. The molecule has 0 aliphatic heterocycles. The molecule has 2 heteroatoms. The Kier molecular flexibility index (Phi) is 3.72. The summed E-state index contributed by atoms with van der Waals surface area (Å²) in [5.74, 6) is 1.68. The molecule has 0 atom stereocenters. The Hall–Kier alpha value is -3.13. The minimum Gasteiger partial charge on any atom is -0.497 e. The zero-order chi connectivity index (χ0) is 16.4. The van der Waals surface area contributed by atoms with Gasteiger partial charge in [0.2, 0.25) is 0 Å². The van der Waals surface area contributed by atoms with Gasteiger partial charge in [-0.1, -0.05) is 42.5 Å². The summed E-state index contributed by atoms with van der Waals surface area (Å²) in [6, 6.07) is 28.6. The summed E-state index contributed by atoms with van der Waals surface area (Å²) in [5.41, 5.74) is 4.26. The first-order valence-electron chi connectivity index (χ1n) is 7.91. The molecule has 0 unspecified atom stereocenters. The van der Waals surface area contributed by atoms with E-state index in [0.29, 0.717) is 0 Å². The van der Waals surface area contributed by atoms with Crippen molar-refractivity contribution in [2.45, 2.75) is 0 Å². The van der Waals surface area contributed by atoms with Crippen LogP contribution in [-0.2, 0) is 0 Å². The van der Waals surface area contributed by atoms with Crippen molar-refractivity contribution in [1.82, 2.24) is 0 Å². The number of ether oxygens (including phenoxy) is 1. The highest BCUT2D eigenvalue weighted by Gasteiger charge is 2.19. The first-order valence-corrected chi connectivity index (χ1v) is 7.91. The van der Waals surface area contributed by atoms with Crippen LogP contribution < -0.4 is 4.74 Å². The van der Waals surface area contributed by atoms with E-state index in [1.54, 1.807) is 7.11 Å². The minimum atomic E-state index is 0.836. The van der Waals surface area contributed by atoms with E-state index in [9.17, 15) is 0 Å². The number of hydrogen-bond donors (Lipinski definition) is 0. The molecule has 0 saturated carbocycles. The molecule has 0 saturated heterocycles. The van der Waals surface area contributed by atoms with E-state index in [-0.39, 0.29) is 0 Å². The van der Waals surface area contributed by atoms with Crippen LogP contribution in [0.15, 0.2) is 89.3 Å². The molecule has 116 valence electrons. The Balaban J connectivity index is 1.94. The van der Waals surface area contributed by atoms with E-state index in [2.05, 4.69) is 36.4 Å². The monoisotopic (exact) mass is 313 g/mol. The fourth-order valence-electron chi connectivity index (χ4n) is 2.89. The van der Waals surface area contributed by atoms with Gasteiger partial charge in [-0.05, 0) is 35.9 Å².